The Kier molecular flexibility index (Phi) is 5.45. The van der Waals surface area contributed by atoms with Gasteiger partial charge in [-0.2, -0.15) is 5.10 Å². The van der Waals surface area contributed by atoms with Crippen molar-refractivity contribution < 1.29 is 13.9 Å². The number of piperidine rings is 1. The molecule has 5 rings (SSSR count). The highest BCUT2D eigenvalue weighted by molar-refractivity contribution is 5.97. The van der Waals surface area contributed by atoms with Crippen molar-refractivity contribution in [2.45, 2.75) is 31.9 Å². The van der Waals surface area contributed by atoms with Crippen LogP contribution in [0, 0.1) is 0 Å². The van der Waals surface area contributed by atoms with E-state index in [4.69, 9.17) is 19.6 Å². The van der Waals surface area contributed by atoms with Crippen LogP contribution in [-0.4, -0.2) is 35.0 Å². The molecule has 1 aliphatic rings. The summed E-state index contributed by atoms with van der Waals surface area (Å²) < 4.78 is 19.5. The van der Waals surface area contributed by atoms with E-state index in [1.165, 1.54) is 0 Å². The molecule has 1 saturated heterocycles. The van der Waals surface area contributed by atoms with E-state index in [1.807, 2.05) is 37.4 Å². The Hall–Kier alpha value is -3.52. The number of anilines is 1. The molecule has 4 aromatic rings. The molecule has 0 spiro atoms. The number of nitrogens with zero attached hydrogens (tertiary/aromatic N) is 3. The summed E-state index contributed by atoms with van der Waals surface area (Å²) in [6.45, 7) is 3.99. The first-order valence-corrected chi connectivity index (χ1v) is 10.9. The summed E-state index contributed by atoms with van der Waals surface area (Å²) >= 11 is 0. The SMILES string of the molecule is COc1cccc(C(C)Oc2c(N)ncc3c(-c4cnn(C5CCNCC5)c4)coc23)c1. The maximum Gasteiger partial charge on any atom is 0.205 e. The highest BCUT2D eigenvalue weighted by Gasteiger charge is 2.21. The zero-order valence-electron chi connectivity index (χ0n) is 18.2. The van der Waals surface area contributed by atoms with Crippen molar-refractivity contribution in [1.29, 1.82) is 0 Å². The molecule has 1 atom stereocenters. The Morgan fingerprint density at radius 2 is 2.09 bits per heavy atom. The molecule has 8 nitrogen and oxygen atoms in total. The number of nitrogen functional groups attached to an aromatic ring is 1. The Morgan fingerprint density at radius 3 is 2.91 bits per heavy atom. The molecule has 1 aromatic carbocycles. The summed E-state index contributed by atoms with van der Waals surface area (Å²) in [4.78, 5) is 4.38. The van der Waals surface area contributed by atoms with Crippen LogP contribution >= 0.6 is 0 Å². The highest BCUT2D eigenvalue weighted by atomic mass is 16.5. The third-order valence-corrected chi connectivity index (χ3v) is 6.05. The van der Waals surface area contributed by atoms with Crippen molar-refractivity contribution in [1.82, 2.24) is 20.1 Å². The average Bonchev–Trinajstić information content (AvgIpc) is 3.49. The Bertz CT molecular complexity index is 1230. The fraction of sp³-hybridized carbons (Fsp3) is 0.333. The molecule has 0 amide bonds. The second-order valence-corrected chi connectivity index (χ2v) is 8.09. The Balaban J connectivity index is 1.45. The number of furan rings is 1. The number of nitrogens with one attached hydrogen (secondary N) is 1. The molecule has 1 fully saturated rings. The molecular formula is C24H27N5O3. The van der Waals surface area contributed by atoms with Crippen molar-refractivity contribution >= 4 is 16.8 Å². The van der Waals surface area contributed by atoms with E-state index in [0.717, 1.165) is 53.8 Å². The van der Waals surface area contributed by atoms with Gasteiger partial charge in [0, 0.05) is 23.5 Å². The van der Waals surface area contributed by atoms with Crippen LogP contribution in [0.15, 0.2) is 53.5 Å². The van der Waals surface area contributed by atoms with Crippen molar-refractivity contribution in [2.75, 3.05) is 25.9 Å². The molecule has 1 aliphatic heterocycles. The van der Waals surface area contributed by atoms with Gasteiger partial charge >= 0.3 is 0 Å². The molecule has 0 bridgehead atoms. The van der Waals surface area contributed by atoms with E-state index in [-0.39, 0.29) is 6.10 Å². The normalized spacial score (nSPS) is 15.7. The van der Waals surface area contributed by atoms with Crippen LogP contribution in [0.2, 0.25) is 0 Å². The molecule has 4 heterocycles. The van der Waals surface area contributed by atoms with E-state index in [9.17, 15) is 0 Å². The van der Waals surface area contributed by atoms with Crippen LogP contribution in [0.4, 0.5) is 5.82 Å². The lowest BCUT2D eigenvalue weighted by molar-refractivity contribution is 0.227. The largest absolute Gasteiger partial charge is 0.497 e. The number of pyridine rings is 1. The van der Waals surface area contributed by atoms with Crippen molar-refractivity contribution in [3.8, 4) is 22.6 Å². The third kappa shape index (κ3) is 3.78. The molecule has 0 saturated carbocycles. The Morgan fingerprint density at radius 1 is 1.25 bits per heavy atom. The zero-order chi connectivity index (χ0) is 22.1. The molecule has 166 valence electrons. The van der Waals surface area contributed by atoms with Crippen molar-refractivity contribution in [3.63, 3.8) is 0 Å². The van der Waals surface area contributed by atoms with Crippen LogP contribution in [0.25, 0.3) is 22.1 Å². The van der Waals surface area contributed by atoms with Crippen LogP contribution in [0.5, 0.6) is 11.5 Å². The van der Waals surface area contributed by atoms with E-state index in [1.54, 1.807) is 19.6 Å². The summed E-state index contributed by atoms with van der Waals surface area (Å²) in [6, 6.07) is 8.17. The van der Waals surface area contributed by atoms with Gasteiger partial charge < -0.3 is 24.9 Å². The van der Waals surface area contributed by atoms with Crippen molar-refractivity contribution in [2.24, 2.45) is 0 Å². The molecular weight excluding hydrogens is 406 g/mol. The number of hydrogen-bond donors (Lipinski definition) is 2. The molecule has 8 heteroatoms. The van der Waals surface area contributed by atoms with Gasteiger partial charge in [-0.25, -0.2) is 4.98 Å². The second-order valence-electron chi connectivity index (χ2n) is 8.09. The van der Waals surface area contributed by atoms with E-state index >= 15 is 0 Å². The maximum atomic E-state index is 6.23. The quantitative estimate of drug-likeness (QED) is 0.466. The Labute approximate surface area is 186 Å². The van der Waals surface area contributed by atoms with Gasteiger partial charge in [0.05, 0.1) is 24.7 Å². The first-order valence-electron chi connectivity index (χ1n) is 10.9. The predicted molar refractivity (Wildman–Crippen MR) is 123 cm³/mol. The topological polar surface area (TPSA) is 100 Å². The predicted octanol–water partition coefficient (Wildman–Crippen LogP) is 4.35. The van der Waals surface area contributed by atoms with Gasteiger partial charge in [0.2, 0.25) is 5.75 Å². The van der Waals surface area contributed by atoms with Gasteiger partial charge in [-0.05, 0) is 50.6 Å². The number of rotatable bonds is 6. The first kappa shape index (κ1) is 20.4. The van der Waals surface area contributed by atoms with Gasteiger partial charge in [0.15, 0.2) is 11.4 Å². The number of hydrogen-bond acceptors (Lipinski definition) is 7. The van der Waals surface area contributed by atoms with Crippen molar-refractivity contribution in [3.05, 3.63) is 54.7 Å². The average molecular weight is 434 g/mol. The third-order valence-electron chi connectivity index (χ3n) is 6.05. The number of benzene rings is 1. The molecule has 32 heavy (non-hydrogen) atoms. The molecule has 3 N–H and O–H groups in total. The van der Waals surface area contributed by atoms with Crippen LogP contribution < -0.4 is 20.5 Å². The lowest BCUT2D eigenvalue weighted by atomic mass is 10.1. The number of aromatic nitrogens is 3. The number of ether oxygens (including phenoxy) is 2. The minimum Gasteiger partial charge on any atom is -0.497 e. The van der Waals surface area contributed by atoms with Gasteiger partial charge in [-0.3, -0.25) is 4.68 Å². The second kappa shape index (κ2) is 8.55. The number of nitrogens with two attached hydrogens (primary N) is 1. The fourth-order valence-corrected chi connectivity index (χ4v) is 4.20. The monoisotopic (exact) mass is 433 g/mol. The summed E-state index contributed by atoms with van der Waals surface area (Å²) in [5.41, 5.74) is 9.63. The zero-order valence-corrected chi connectivity index (χ0v) is 18.2. The molecule has 0 aliphatic carbocycles. The minimum atomic E-state index is -0.268. The number of methoxy groups -OCH3 is 1. The lowest BCUT2D eigenvalue weighted by Gasteiger charge is -2.22. The van der Waals surface area contributed by atoms with E-state index in [0.29, 0.717) is 23.2 Å². The van der Waals surface area contributed by atoms with Gasteiger partial charge in [-0.1, -0.05) is 12.1 Å². The number of fused-ring (bicyclic) bond motifs is 1. The van der Waals surface area contributed by atoms with Gasteiger partial charge in [0.25, 0.3) is 0 Å². The standard InChI is InChI=1S/C24H27N5O3/c1-15(16-4-3-5-19(10-16)30-2)32-23-22-20(12-27-24(23)25)21(14-31-22)17-11-28-29(13-17)18-6-8-26-9-7-18/h3-5,10-15,18,26H,6-9H2,1-2H3,(H2,25,27). The van der Waals surface area contributed by atoms with E-state index < -0.39 is 0 Å². The summed E-state index contributed by atoms with van der Waals surface area (Å²) in [6.07, 6.45) is 9.29. The highest BCUT2D eigenvalue weighted by Crippen LogP contribution is 2.39. The van der Waals surface area contributed by atoms with Gasteiger partial charge in [0.1, 0.15) is 18.1 Å². The summed E-state index contributed by atoms with van der Waals surface area (Å²) in [7, 11) is 1.64. The smallest absolute Gasteiger partial charge is 0.205 e. The fourth-order valence-electron chi connectivity index (χ4n) is 4.20. The van der Waals surface area contributed by atoms with Crippen LogP contribution in [-0.2, 0) is 0 Å². The van der Waals surface area contributed by atoms with Crippen LogP contribution in [0.3, 0.4) is 0 Å². The summed E-state index contributed by atoms with van der Waals surface area (Å²) in [5.74, 6) is 1.50. The molecule has 3 aromatic heterocycles. The minimum absolute atomic E-state index is 0.268. The summed E-state index contributed by atoms with van der Waals surface area (Å²) in [5, 5.41) is 8.84. The van der Waals surface area contributed by atoms with Crippen LogP contribution in [0.1, 0.15) is 37.5 Å². The lowest BCUT2D eigenvalue weighted by Crippen LogP contribution is -2.29. The van der Waals surface area contributed by atoms with E-state index in [2.05, 4.69) is 26.3 Å². The molecule has 0 radical (unpaired) electrons. The maximum absolute atomic E-state index is 6.23. The first-order chi connectivity index (χ1) is 15.6. The van der Waals surface area contributed by atoms with Gasteiger partial charge in [-0.15, -0.1) is 0 Å². The molecule has 1 unspecified atom stereocenters.